The summed E-state index contributed by atoms with van der Waals surface area (Å²) in [6, 6.07) is 0.715. The molecule has 5 unspecified atom stereocenters. The molecule has 2 rings (SSSR count). The fourth-order valence-electron chi connectivity index (χ4n) is 6.08. The molecule has 0 aliphatic heterocycles. The van der Waals surface area contributed by atoms with Crippen molar-refractivity contribution in [3.05, 3.63) is 0 Å². The SMILES string of the molecule is CNC1CCC2C(C)CCC(C)(C)C(C)(C)CCCCC(C)C12C. The van der Waals surface area contributed by atoms with E-state index in [1.807, 2.05) is 0 Å². The Labute approximate surface area is 152 Å². The summed E-state index contributed by atoms with van der Waals surface area (Å²) in [7, 11) is 2.19. The zero-order chi connectivity index (χ0) is 18.2. The summed E-state index contributed by atoms with van der Waals surface area (Å²) in [5, 5.41) is 3.70. The van der Waals surface area contributed by atoms with Crippen LogP contribution in [-0.2, 0) is 0 Å². The predicted molar refractivity (Wildman–Crippen MR) is 107 cm³/mol. The molecule has 0 aromatic rings. The van der Waals surface area contributed by atoms with Crippen LogP contribution in [0.5, 0.6) is 0 Å². The zero-order valence-electron chi connectivity index (χ0n) is 18.0. The molecule has 142 valence electrons. The van der Waals surface area contributed by atoms with Crippen LogP contribution in [-0.4, -0.2) is 13.1 Å². The van der Waals surface area contributed by atoms with Gasteiger partial charge in [-0.15, -0.1) is 0 Å². The van der Waals surface area contributed by atoms with Gasteiger partial charge in [0.1, 0.15) is 0 Å². The lowest BCUT2D eigenvalue weighted by molar-refractivity contribution is 0.0303. The molecule has 1 N–H and O–H groups in total. The molecule has 1 nitrogen and oxygen atoms in total. The van der Waals surface area contributed by atoms with E-state index in [0.29, 0.717) is 22.3 Å². The Morgan fingerprint density at radius 3 is 2.00 bits per heavy atom. The van der Waals surface area contributed by atoms with Gasteiger partial charge >= 0.3 is 0 Å². The van der Waals surface area contributed by atoms with Gasteiger partial charge in [-0.05, 0) is 73.2 Å². The highest BCUT2D eigenvalue weighted by Gasteiger charge is 2.51. The van der Waals surface area contributed by atoms with Gasteiger partial charge in [0.05, 0.1) is 0 Å². The highest BCUT2D eigenvalue weighted by molar-refractivity contribution is 5.03. The molecule has 2 saturated carbocycles. The van der Waals surface area contributed by atoms with Crippen LogP contribution in [0.2, 0.25) is 0 Å². The molecule has 2 aliphatic carbocycles. The summed E-state index contributed by atoms with van der Waals surface area (Å²) in [6.45, 7) is 17.8. The van der Waals surface area contributed by atoms with Gasteiger partial charge < -0.3 is 5.32 Å². The fourth-order valence-corrected chi connectivity index (χ4v) is 6.08. The quantitative estimate of drug-likeness (QED) is 0.564. The van der Waals surface area contributed by atoms with E-state index in [-0.39, 0.29) is 0 Å². The lowest BCUT2D eigenvalue weighted by Crippen LogP contribution is -2.47. The van der Waals surface area contributed by atoms with Crippen LogP contribution in [0.25, 0.3) is 0 Å². The van der Waals surface area contributed by atoms with Gasteiger partial charge in [0.25, 0.3) is 0 Å². The van der Waals surface area contributed by atoms with Crippen LogP contribution in [0.4, 0.5) is 0 Å². The first-order valence-electron chi connectivity index (χ1n) is 10.7. The van der Waals surface area contributed by atoms with Crippen molar-refractivity contribution in [2.45, 2.75) is 106 Å². The standard InChI is InChI=1S/C23H45N/c1-17-14-16-22(5,6)21(3,4)15-10-9-11-18(2)23(7)19(17)12-13-20(23)24-8/h17-20,24H,9-16H2,1-8H3. The summed E-state index contributed by atoms with van der Waals surface area (Å²) < 4.78 is 0. The summed E-state index contributed by atoms with van der Waals surface area (Å²) in [4.78, 5) is 0. The maximum Gasteiger partial charge on any atom is 0.0123 e. The van der Waals surface area contributed by atoms with Crippen molar-refractivity contribution in [2.75, 3.05) is 7.05 Å². The molecule has 0 saturated heterocycles. The van der Waals surface area contributed by atoms with E-state index in [2.05, 4.69) is 60.8 Å². The number of hydrogen-bond donors (Lipinski definition) is 1. The second-order valence-electron chi connectivity index (χ2n) is 10.8. The van der Waals surface area contributed by atoms with Gasteiger partial charge in [-0.2, -0.15) is 0 Å². The van der Waals surface area contributed by atoms with Crippen LogP contribution in [0.1, 0.15) is 99.8 Å². The minimum Gasteiger partial charge on any atom is -0.316 e. The maximum absolute atomic E-state index is 3.70. The van der Waals surface area contributed by atoms with E-state index in [1.54, 1.807) is 0 Å². The molecule has 0 aromatic heterocycles. The second kappa shape index (κ2) is 7.29. The van der Waals surface area contributed by atoms with Crippen molar-refractivity contribution in [2.24, 2.45) is 34.0 Å². The maximum atomic E-state index is 3.70. The van der Waals surface area contributed by atoms with Gasteiger partial charge in [-0.3, -0.25) is 0 Å². The average Bonchev–Trinajstić information content (AvgIpc) is 2.86. The monoisotopic (exact) mass is 335 g/mol. The number of rotatable bonds is 1. The highest BCUT2D eigenvalue weighted by atomic mass is 14.9. The first-order chi connectivity index (χ1) is 11.1. The lowest BCUT2D eigenvalue weighted by atomic mass is 9.59. The molecule has 2 fully saturated rings. The number of nitrogens with one attached hydrogen (secondary N) is 1. The Kier molecular flexibility index (Phi) is 6.16. The third kappa shape index (κ3) is 3.57. The van der Waals surface area contributed by atoms with Gasteiger partial charge in [-0.1, -0.05) is 67.7 Å². The molecule has 0 bridgehead atoms. The zero-order valence-corrected chi connectivity index (χ0v) is 18.0. The molecular weight excluding hydrogens is 290 g/mol. The third-order valence-corrected chi connectivity index (χ3v) is 9.16. The molecule has 1 heteroatoms. The summed E-state index contributed by atoms with van der Waals surface area (Å²) in [6.07, 6.45) is 11.2. The van der Waals surface area contributed by atoms with Gasteiger partial charge in [0.15, 0.2) is 0 Å². The fraction of sp³-hybridized carbons (Fsp3) is 1.00. The Morgan fingerprint density at radius 1 is 0.750 bits per heavy atom. The van der Waals surface area contributed by atoms with E-state index < -0.39 is 0 Å². The Morgan fingerprint density at radius 2 is 1.38 bits per heavy atom. The van der Waals surface area contributed by atoms with Crippen molar-refractivity contribution in [3.63, 3.8) is 0 Å². The van der Waals surface area contributed by atoms with Gasteiger partial charge in [0, 0.05) is 6.04 Å². The second-order valence-corrected chi connectivity index (χ2v) is 10.8. The lowest BCUT2D eigenvalue weighted by Gasteiger charge is -2.47. The smallest absolute Gasteiger partial charge is 0.0123 e. The average molecular weight is 336 g/mol. The van der Waals surface area contributed by atoms with Crippen molar-refractivity contribution in [1.29, 1.82) is 0 Å². The van der Waals surface area contributed by atoms with E-state index in [0.717, 1.165) is 17.8 Å². The van der Waals surface area contributed by atoms with E-state index in [4.69, 9.17) is 0 Å². The topological polar surface area (TPSA) is 12.0 Å². The van der Waals surface area contributed by atoms with E-state index in [1.165, 1.54) is 51.4 Å². The Balaban J connectivity index is 2.26. The first-order valence-corrected chi connectivity index (χ1v) is 10.7. The molecular formula is C23H45N. The molecule has 5 atom stereocenters. The first kappa shape index (κ1) is 20.3. The van der Waals surface area contributed by atoms with Crippen molar-refractivity contribution in [1.82, 2.24) is 5.32 Å². The molecule has 0 spiro atoms. The van der Waals surface area contributed by atoms with Crippen LogP contribution in [0.3, 0.4) is 0 Å². The van der Waals surface area contributed by atoms with Crippen molar-refractivity contribution < 1.29 is 0 Å². The van der Waals surface area contributed by atoms with Crippen molar-refractivity contribution in [3.8, 4) is 0 Å². The third-order valence-electron chi connectivity index (χ3n) is 9.16. The van der Waals surface area contributed by atoms with Gasteiger partial charge in [-0.25, -0.2) is 0 Å². The van der Waals surface area contributed by atoms with Crippen LogP contribution in [0.15, 0.2) is 0 Å². The summed E-state index contributed by atoms with van der Waals surface area (Å²) in [5.41, 5.74) is 1.39. The predicted octanol–water partition coefficient (Wildman–Crippen LogP) is 6.67. The van der Waals surface area contributed by atoms with Crippen molar-refractivity contribution >= 4 is 0 Å². The Hall–Kier alpha value is -0.0400. The minimum atomic E-state index is 0.448. The molecule has 0 amide bonds. The van der Waals surface area contributed by atoms with Crippen LogP contribution >= 0.6 is 0 Å². The van der Waals surface area contributed by atoms with E-state index >= 15 is 0 Å². The van der Waals surface area contributed by atoms with Crippen LogP contribution in [0, 0.1) is 34.0 Å². The minimum absolute atomic E-state index is 0.448. The summed E-state index contributed by atoms with van der Waals surface area (Å²) in [5.74, 6) is 2.58. The van der Waals surface area contributed by atoms with Crippen LogP contribution < -0.4 is 5.32 Å². The molecule has 2 aliphatic rings. The Bertz CT molecular complexity index is 410. The molecule has 0 heterocycles. The normalized spacial score (nSPS) is 43.5. The molecule has 0 radical (unpaired) electrons. The number of fused-ring (bicyclic) bond motifs is 1. The molecule has 0 aromatic carbocycles. The largest absolute Gasteiger partial charge is 0.316 e. The summed E-state index contributed by atoms with van der Waals surface area (Å²) >= 11 is 0. The highest BCUT2D eigenvalue weighted by Crippen LogP contribution is 2.55. The molecule has 24 heavy (non-hydrogen) atoms. The number of hydrogen-bond acceptors (Lipinski definition) is 1. The van der Waals surface area contributed by atoms with E-state index in [9.17, 15) is 0 Å². The van der Waals surface area contributed by atoms with Gasteiger partial charge in [0.2, 0.25) is 0 Å².